The summed E-state index contributed by atoms with van der Waals surface area (Å²) in [4.78, 5) is 15.0. The molecule has 1 fully saturated rings. The number of ketones is 1. The second-order valence-electron chi connectivity index (χ2n) is 7.88. The zero-order chi connectivity index (χ0) is 21.2. The number of Topliss-reactive ketones (excluding diaryl/α,β-unsaturated/α-hetero) is 1. The predicted octanol–water partition coefficient (Wildman–Crippen LogP) is 2.49. The molecular formula is C21H28FN3O3S. The van der Waals surface area contributed by atoms with E-state index in [2.05, 4.69) is 9.29 Å². The summed E-state index contributed by atoms with van der Waals surface area (Å²) in [5, 5.41) is 0. The third-order valence-corrected chi connectivity index (χ3v) is 6.14. The Hall–Kier alpha value is -2.03. The molecule has 1 aromatic carbocycles. The van der Waals surface area contributed by atoms with E-state index in [1.165, 1.54) is 12.1 Å². The number of hydrogen-bond acceptors (Lipinski definition) is 4. The van der Waals surface area contributed by atoms with Crippen LogP contribution >= 0.6 is 0 Å². The maximum Gasteiger partial charge on any atom is 0.208 e. The molecule has 2 heterocycles. The first-order chi connectivity index (χ1) is 13.6. The number of benzene rings is 1. The number of rotatable bonds is 7. The van der Waals surface area contributed by atoms with Crippen LogP contribution in [0.3, 0.4) is 0 Å². The Bertz CT molecular complexity index is 983. The van der Waals surface area contributed by atoms with E-state index in [1.54, 1.807) is 12.1 Å². The molecule has 1 unspecified atom stereocenters. The van der Waals surface area contributed by atoms with Gasteiger partial charge in [-0.2, -0.15) is 0 Å². The molecule has 1 atom stereocenters. The summed E-state index contributed by atoms with van der Waals surface area (Å²) in [6.07, 6.45) is 2.79. The molecule has 3 rings (SSSR count). The molecule has 0 spiro atoms. The van der Waals surface area contributed by atoms with Crippen molar-refractivity contribution in [3.8, 4) is 0 Å². The Morgan fingerprint density at radius 2 is 1.93 bits per heavy atom. The highest BCUT2D eigenvalue weighted by molar-refractivity contribution is 7.88. The Labute approximate surface area is 171 Å². The SMILES string of the molecule is Cc1cc(C(=O)CN2CCCC(NS(C)(=O)=O)C2)c(C)n1Cc1ccc(F)cc1. The van der Waals surface area contributed by atoms with E-state index in [0.29, 0.717) is 18.7 Å². The van der Waals surface area contributed by atoms with Crippen molar-refractivity contribution in [1.29, 1.82) is 0 Å². The molecule has 1 aliphatic heterocycles. The monoisotopic (exact) mass is 421 g/mol. The molecule has 0 aliphatic carbocycles. The van der Waals surface area contributed by atoms with Crippen molar-refractivity contribution in [3.63, 3.8) is 0 Å². The van der Waals surface area contributed by atoms with Crippen molar-refractivity contribution in [3.05, 3.63) is 58.7 Å². The Kier molecular flexibility index (Phi) is 6.55. The van der Waals surface area contributed by atoms with Gasteiger partial charge in [0.05, 0.1) is 12.8 Å². The number of aromatic nitrogens is 1. The highest BCUT2D eigenvalue weighted by atomic mass is 32.2. The fourth-order valence-corrected chi connectivity index (χ4v) is 4.78. The van der Waals surface area contributed by atoms with Gasteiger partial charge < -0.3 is 4.57 Å². The fraction of sp³-hybridized carbons (Fsp3) is 0.476. The lowest BCUT2D eigenvalue weighted by Crippen LogP contribution is -2.48. The van der Waals surface area contributed by atoms with E-state index in [9.17, 15) is 17.6 Å². The first-order valence-corrected chi connectivity index (χ1v) is 11.7. The lowest BCUT2D eigenvalue weighted by Gasteiger charge is -2.32. The summed E-state index contributed by atoms with van der Waals surface area (Å²) in [5.74, 6) is -0.237. The van der Waals surface area contributed by atoms with Crippen molar-refractivity contribution in [2.75, 3.05) is 25.9 Å². The van der Waals surface area contributed by atoms with Gasteiger partial charge in [0.25, 0.3) is 0 Å². The molecule has 0 bridgehead atoms. The number of aryl methyl sites for hydroxylation is 1. The van der Waals surface area contributed by atoms with Gasteiger partial charge in [-0.15, -0.1) is 0 Å². The molecule has 1 aliphatic rings. The molecule has 0 saturated carbocycles. The summed E-state index contributed by atoms with van der Waals surface area (Å²) >= 11 is 0. The number of likely N-dealkylation sites (tertiary alicyclic amines) is 1. The van der Waals surface area contributed by atoms with Crippen LogP contribution in [-0.2, 0) is 16.6 Å². The smallest absolute Gasteiger partial charge is 0.208 e. The van der Waals surface area contributed by atoms with Gasteiger partial charge in [0.15, 0.2) is 5.78 Å². The number of carbonyl (C=O) groups is 1. The summed E-state index contributed by atoms with van der Waals surface area (Å²) < 4.78 is 40.8. The van der Waals surface area contributed by atoms with Crippen molar-refractivity contribution in [1.82, 2.24) is 14.2 Å². The summed E-state index contributed by atoms with van der Waals surface area (Å²) in [7, 11) is -3.26. The number of carbonyl (C=O) groups excluding carboxylic acids is 1. The Morgan fingerprint density at radius 1 is 1.24 bits per heavy atom. The molecule has 2 aromatic rings. The molecule has 0 radical (unpaired) electrons. The molecular weight excluding hydrogens is 393 g/mol. The zero-order valence-electron chi connectivity index (χ0n) is 17.1. The lowest BCUT2D eigenvalue weighted by atomic mass is 10.1. The third-order valence-electron chi connectivity index (χ3n) is 5.38. The minimum atomic E-state index is -3.26. The number of nitrogens with zero attached hydrogens (tertiary/aromatic N) is 2. The van der Waals surface area contributed by atoms with Gasteiger partial charge in [-0.3, -0.25) is 9.69 Å². The third kappa shape index (κ3) is 5.74. The van der Waals surface area contributed by atoms with E-state index in [-0.39, 0.29) is 24.2 Å². The highest BCUT2D eigenvalue weighted by Gasteiger charge is 2.25. The normalized spacial score (nSPS) is 18.1. The van der Waals surface area contributed by atoms with Gasteiger partial charge in [0.1, 0.15) is 5.82 Å². The molecule has 1 aromatic heterocycles. The molecule has 158 valence electrons. The number of halogens is 1. The van der Waals surface area contributed by atoms with Crippen LogP contribution in [0.1, 0.15) is 40.2 Å². The Morgan fingerprint density at radius 3 is 2.59 bits per heavy atom. The van der Waals surface area contributed by atoms with Crippen LogP contribution in [0, 0.1) is 19.7 Å². The largest absolute Gasteiger partial charge is 0.344 e. The average molecular weight is 422 g/mol. The first kappa shape index (κ1) is 21.7. The lowest BCUT2D eigenvalue weighted by molar-refractivity contribution is 0.0904. The van der Waals surface area contributed by atoms with Crippen LogP contribution in [0.25, 0.3) is 0 Å². The van der Waals surface area contributed by atoms with Gasteiger partial charge in [0, 0.05) is 36.1 Å². The van der Waals surface area contributed by atoms with Crippen molar-refractivity contribution >= 4 is 15.8 Å². The molecule has 1 saturated heterocycles. The van der Waals surface area contributed by atoms with Gasteiger partial charge in [-0.05, 0) is 57.0 Å². The topological polar surface area (TPSA) is 71.4 Å². The molecule has 8 heteroatoms. The van der Waals surface area contributed by atoms with Gasteiger partial charge in [0.2, 0.25) is 10.0 Å². The van der Waals surface area contributed by atoms with Crippen LogP contribution in [-0.4, -0.2) is 55.6 Å². The van der Waals surface area contributed by atoms with Crippen LogP contribution in [0.15, 0.2) is 30.3 Å². The van der Waals surface area contributed by atoms with Crippen LogP contribution in [0.4, 0.5) is 4.39 Å². The molecule has 0 amide bonds. The summed E-state index contributed by atoms with van der Waals surface area (Å²) in [6.45, 7) is 6.04. The number of hydrogen-bond donors (Lipinski definition) is 1. The number of sulfonamides is 1. The van der Waals surface area contributed by atoms with Crippen LogP contribution in [0.2, 0.25) is 0 Å². The van der Waals surface area contributed by atoms with Gasteiger partial charge in [-0.25, -0.2) is 17.5 Å². The maximum atomic E-state index is 13.1. The predicted molar refractivity (Wildman–Crippen MR) is 111 cm³/mol. The van der Waals surface area contributed by atoms with Gasteiger partial charge in [-0.1, -0.05) is 12.1 Å². The second-order valence-corrected chi connectivity index (χ2v) is 9.66. The zero-order valence-corrected chi connectivity index (χ0v) is 17.9. The molecule has 29 heavy (non-hydrogen) atoms. The summed E-state index contributed by atoms with van der Waals surface area (Å²) in [6, 6.07) is 8.12. The quantitative estimate of drug-likeness (QED) is 0.698. The van der Waals surface area contributed by atoms with Crippen LogP contribution < -0.4 is 4.72 Å². The fourth-order valence-electron chi connectivity index (χ4n) is 3.99. The van der Waals surface area contributed by atoms with E-state index in [4.69, 9.17) is 0 Å². The maximum absolute atomic E-state index is 13.1. The van der Waals surface area contributed by atoms with E-state index >= 15 is 0 Å². The van der Waals surface area contributed by atoms with E-state index in [0.717, 1.165) is 42.6 Å². The second kappa shape index (κ2) is 8.77. The first-order valence-electron chi connectivity index (χ1n) is 9.76. The average Bonchev–Trinajstić information content (AvgIpc) is 2.90. The minimum Gasteiger partial charge on any atom is -0.344 e. The van der Waals surface area contributed by atoms with Crippen molar-refractivity contribution in [2.45, 2.75) is 39.3 Å². The standard InChI is InChI=1S/C21H28FN3O3S/c1-15-11-20(16(2)25(15)12-17-6-8-18(22)9-7-17)21(26)14-24-10-4-5-19(13-24)23-29(3,27)28/h6-9,11,19,23H,4-5,10,12-14H2,1-3H3. The van der Waals surface area contributed by atoms with Crippen molar-refractivity contribution < 1.29 is 17.6 Å². The van der Waals surface area contributed by atoms with E-state index < -0.39 is 10.0 Å². The molecule has 1 N–H and O–H groups in total. The minimum absolute atomic E-state index is 0.0310. The molecule has 6 nitrogen and oxygen atoms in total. The summed E-state index contributed by atoms with van der Waals surface area (Å²) in [5.41, 5.74) is 3.52. The number of piperidine rings is 1. The van der Waals surface area contributed by atoms with Crippen LogP contribution in [0.5, 0.6) is 0 Å². The van der Waals surface area contributed by atoms with E-state index in [1.807, 2.05) is 24.8 Å². The number of nitrogens with one attached hydrogen (secondary N) is 1. The Balaban J connectivity index is 1.69. The van der Waals surface area contributed by atoms with Crippen molar-refractivity contribution in [2.24, 2.45) is 0 Å². The van der Waals surface area contributed by atoms with Gasteiger partial charge >= 0.3 is 0 Å². The highest BCUT2D eigenvalue weighted by Crippen LogP contribution is 2.19.